The summed E-state index contributed by atoms with van der Waals surface area (Å²) in [6.07, 6.45) is 4.99. The monoisotopic (exact) mass is 375 g/mol. The smallest absolute Gasteiger partial charge is 0.255 e. The van der Waals surface area contributed by atoms with Crippen molar-refractivity contribution in [3.05, 3.63) is 89.4 Å². The van der Waals surface area contributed by atoms with Crippen LogP contribution >= 0.6 is 0 Å². The molecule has 0 aliphatic carbocycles. The summed E-state index contributed by atoms with van der Waals surface area (Å²) in [6, 6.07) is 16.3. The molecule has 6 nitrogen and oxygen atoms in total. The van der Waals surface area contributed by atoms with E-state index in [0.29, 0.717) is 22.6 Å². The van der Waals surface area contributed by atoms with Crippen molar-refractivity contribution < 1.29 is 13.9 Å². The van der Waals surface area contributed by atoms with Gasteiger partial charge in [-0.05, 0) is 35.9 Å². The van der Waals surface area contributed by atoms with Crippen LogP contribution in [0.25, 0.3) is 6.08 Å². The molecule has 0 fully saturated rings. The van der Waals surface area contributed by atoms with Gasteiger partial charge in [0.2, 0.25) is 0 Å². The first-order chi connectivity index (χ1) is 13.6. The first-order valence-corrected chi connectivity index (χ1v) is 8.69. The predicted molar refractivity (Wildman–Crippen MR) is 110 cm³/mol. The van der Waals surface area contributed by atoms with Crippen molar-refractivity contribution in [3.63, 3.8) is 0 Å². The van der Waals surface area contributed by atoms with Crippen LogP contribution in [0, 0.1) is 5.41 Å². The number of furan rings is 1. The molecule has 0 bridgehead atoms. The lowest BCUT2D eigenvalue weighted by atomic mass is 10.0. The largest absolute Gasteiger partial charge is 0.495 e. The van der Waals surface area contributed by atoms with E-state index < -0.39 is 0 Å². The molecule has 28 heavy (non-hydrogen) atoms. The van der Waals surface area contributed by atoms with Crippen molar-refractivity contribution >= 4 is 23.4 Å². The van der Waals surface area contributed by atoms with Gasteiger partial charge >= 0.3 is 0 Å². The van der Waals surface area contributed by atoms with Crippen LogP contribution in [0.1, 0.15) is 27.2 Å². The lowest BCUT2D eigenvalue weighted by molar-refractivity contribution is 0.0945. The highest BCUT2D eigenvalue weighted by molar-refractivity contribution is 6.15. The second-order valence-corrected chi connectivity index (χ2v) is 6.03. The van der Waals surface area contributed by atoms with E-state index in [1.165, 1.54) is 7.11 Å². The zero-order valence-corrected chi connectivity index (χ0v) is 15.4. The van der Waals surface area contributed by atoms with Crippen LogP contribution in [-0.4, -0.2) is 18.7 Å². The van der Waals surface area contributed by atoms with Gasteiger partial charge in [0.05, 0.1) is 36.8 Å². The molecule has 0 saturated carbocycles. The lowest BCUT2D eigenvalue weighted by Gasteiger charge is -2.15. The fourth-order valence-electron chi connectivity index (χ4n) is 2.77. The Kier molecular flexibility index (Phi) is 5.91. The molecule has 0 unspecified atom stereocenters. The minimum atomic E-state index is -0.339. The number of hydrogen-bond acceptors (Lipinski definition) is 5. The van der Waals surface area contributed by atoms with E-state index in [9.17, 15) is 4.79 Å². The molecule has 1 amide bonds. The van der Waals surface area contributed by atoms with E-state index in [1.54, 1.807) is 36.6 Å². The Bertz CT molecular complexity index is 993. The molecule has 0 aliphatic rings. The number of benzene rings is 2. The first-order valence-electron chi connectivity index (χ1n) is 8.69. The second-order valence-electron chi connectivity index (χ2n) is 6.03. The van der Waals surface area contributed by atoms with Crippen LogP contribution in [-0.2, 0) is 6.54 Å². The van der Waals surface area contributed by atoms with Crippen molar-refractivity contribution in [2.45, 2.75) is 6.54 Å². The molecule has 6 heteroatoms. The molecule has 3 aromatic rings. The van der Waals surface area contributed by atoms with Crippen molar-refractivity contribution in [2.24, 2.45) is 0 Å². The van der Waals surface area contributed by atoms with Gasteiger partial charge in [-0.2, -0.15) is 0 Å². The van der Waals surface area contributed by atoms with Crippen molar-refractivity contribution in [3.8, 4) is 5.75 Å². The Balaban J connectivity index is 1.86. The number of carbonyl (C=O) groups is 1. The van der Waals surface area contributed by atoms with Gasteiger partial charge in [0, 0.05) is 5.69 Å². The molecule has 0 atom stereocenters. The standard InChI is InChI=1S/C22H21N3O3/c1-27-21-17(22(26)25-14-16-8-5-13-28-16)10-12-19(24)20(21)18(23)11-9-15-6-3-2-4-7-15/h2-13,23H,14,24H2,1H3,(H,25,26)/b11-9+,23-18?. The normalized spacial score (nSPS) is 10.8. The van der Waals surface area contributed by atoms with E-state index >= 15 is 0 Å². The lowest BCUT2D eigenvalue weighted by Crippen LogP contribution is -2.24. The number of amides is 1. The summed E-state index contributed by atoms with van der Waals surface area (Å²) in [5.74, 6) is 0.565. The number of nitrogens with one attached hydrogen (secondary N) is 2. The average molecular weight is 375 g/mol. The predicted octanol–water partition coefficient (Wildman–Crippen LogP) is 3.88. The zero-order chi connectivity index (χ0) is 19.9. The van der Waals surface area contributed by atoms with Crippen molar-refractivity contribution in [2.75, 3.05) is 12.8 Å². The number of ether oxygens (including phenoxy) is 1. The van der Waals surface area contributed by atoms with Gasteiger partial charge in [-0.1, -0.05) is 36.4 Å². The van der Waals surface area contributed by atoms with Crippen molar-refractivity contribution in [1.29, 1.82) is 5.41 Å². The van der Waals surface area contributed by atoms with Gasteiger partial charge in [0.1, 0.15) is 11.5 Å². The number of anilines is 1. The van der Waals surface area contributed by atoms with Crippen molar-refractivity contribution in [1.82, 2.24) is 5.32 Å². The third-order valence-electron chi connectivity index (χ3n) is 4.15. The van der Waals surface area contributed by atoms with E-state index in [2.05, 4.69) is 5.32 Å². The van der Waals surface area contributed by atoms with Crippen LogP contribution in [0.4, 0.5) is 5.69 Å². The topological polar surface area (TPSA) is 101 Å². The van der Waals surface area contributed by atoms with E-state index in [-0.39, 0.29) is 23.9 Å². The van der Waals surface area contributed by atoms with Gasteiger partial charge < -0.3 is 25.6 Å². The Morgan fingerprint density at radius 3 is 2.64 bits per heavy atom. The Morgan fingerprint density at radius 1 is 1.18 bits per heavy atom. The number of methoxy groups -OCH3 is 1. The molecule has 1 heterocycles. The molecular weight excluding hydrogens is 354 g/mol. The number of nitrogen functional groups attached to an aromatic ring is 1. The summed E-state index contributed by atoms with van der Waals surface area (Å²) in [5, 5.41) is 11.2. The zero-order valence-electron chi connectivity index (χ0n) is 15.4. The molecule has 0 aliphatic heterocycles. The van der Waals surface area contributed by atoms with E-state index in [0.717, 1.165) is 5.56 Å². The molecule has 2 aromatic carbocycles. The fourth-order valence-corrected chi connectivity index (χ4v) is 2.77. The number of allylic oxidation sites excluding steroid dienone is 1. The highest BCUT2D eigenvalue weighted by atomic mass is 16.5. The van der Waals surface area contributed by atoms with Gasteiger partial charge in [0.15, 0.2) is 0 Å². The second kappa shape index (κ2) is 8.73. The van der Waals surface area contributed by atoms with Crippen LogP contribution in [0.2, 0.25) is 0 Å². The molecule has 4 N–H and O–H groups in total. The summed E-state index contributed by atoms with van der Waals surface area (Å²) in [5.41, 5.74) is 8.23. The molecule has 0 radical (unpaired) electrons. The minimum Gasteiger partial charge on any atom is -0.495 e. The molecule has 0 spiro atoms. The third-order valence-corrected chi connectivity index (χ3v) is 4.15. The molecule has 142 valence electrons. The van der Waals surface area contributed by atoms with Gasteiger partial charge in [-0.25, -0.2) is 0 Å². The van der Waals surface area contributed by atoms with Gasteiger partial charge in [-0.3, -0.25) is 4.79 Å². The molecule has 0 saturated heterocycles. The molecule has 1 aromatic heterocycles. The minimum absolute atomic E-state index is 0.152. The molecule has 3 rings (SSSR count). The third kappa shape index (κ3) is 4.29. The fraction of sp³-hybridized carbons (Fsp3) is 0.0909. The number of hydrogen-bond donors (Lipinski definition) is 3. The van der Waals surface area contributed by atoms with Crippen LogP contribution in [0.5, 0.6) is 5.75 Å². The number of nitrogens with two attached hydrogens (primary N) is 1. The summed E-state index contributed by atoms with van der Waals surface area (Å²) < 4.78 is 10.7. The maximum Gasteiger partial charge on any atom is 0.255 e. The average Bonchev–Trinajstić information content (AvgIpc) is 3.24. The maximum absolute atomic E-state index is 12.6. The number of rotatable bonds is 7. The highest BCUT2D eigenvalue weighted by Crippen LogP contribution is 2.30. The van der Waals surface area contributed by atoms with E-state index in [1.807, 2.05) is 36.4 Å². The Hall–Kier alpha value is -3.80. The van der Waals surface area contributed by atoms with Crippen LogP contribution in [0.15, 0.2) is 71.4 Å². The summed E-state index contributed by atoms with van der Waals surface area (Å²) in [7, 11) is 1.45. The summed E-state index contributed by atoms with van der Waals surface area (Å²) in [6.45, 7) is 0.250. The Labute approximate surface area is 163 Å². The SMILES string of the molecule is COc1c(C(=O)NCc2ccco2)ccc(N)c1C(=N)/C=C/c1ccccc1. The number of carbonyl (C=O) groups excluding carboxylic acids is 1. The first kappa shape index (κ1) is 19.0. The van der Waals surface area contributed by atoms with E-state index in [4.69, 9.17) is 20.3 Å². The van der Waals surface area contributed by atoms with Crippen LogP contribution < -0.4 is 15.8 Å². The Morgan fingerprint density at radius 2 is 1.96 bits per heavy atom. The molecular formula is C22H21N3O3. The highest BCUT2D eigenvalue weighted by Gasteiger charge is 2.20. The van der Waals surface area contributed by atoms with Gasteiger partial charge in [0.25, 0.3) is 5.91 Å². The van der Waals surface area contributed by atoms with Crippen LogP contribution in [0.3, 0.4) is 0 Å². The quantitative estimate of drug-likeness (QED) is 0.431. The summed E-state index contributed by atoms with van der Waals surface area (Å²) in [4.78, 5) is 12.6. The summed E-state index contributed by atoms with van der Waals surface area (Å²) >= 11 is 0. The maximum atomic E-state index is 12.6. The van der Waals surface area contributed by atoms with Gasteiger partial charge in [-0.15, -0.1) is 0 Å².